The molecule has 2 fully saturated rings. The number of fused-ring (bicyclic) bond motifs is 1. The molecule has 2 aliphatic heterocycles. The molecule has 2 rings (SSSR count). The van der Waals surface area contributed by atoms with Crippen molar-refractivity contribution in [1.29, 1.82) is 0 Å². The lowest BCUT2D eigenvalue weighted by Crippen LogP contribution is -2.67. The first-order chi connectivity index (χ1) is 18.4. The van der Waals surface area contributed by atoms with E-state index >= 15 is 0 Å². The molecular weight excluding hydrogens is 569 g/mol. The van der Waals surface area contributed by atoms with Crippen molar-refractivity contribution < 1.29 is 28.5 Å². The molecule has 222 valence electrons. The van der Waals surface area contributed by atoms with E-state index in [4.69, 9.17) is 18.9 Å². The predicted octanol–water partition coefficient (Wildman–Crippen LogP) is 4.02. The first-order valence-electron chi connectivity index (χ1n) is 12.9. The van der Waals surface area contributed by atoms with Crippen LogP contribution < -0.4 is 0 Å². The first kappa shape index (κ1) is 34.0. The van der Waals surface area contributed by atoms with Crippen LogP contribution in [-0.2, 0) is 18.9 Å². The van der Waals surface area contributed by atoms with Crippen molar-refractivity contribution in [3.8, 4) is 0 Å². The first-order valence-corrected chi connectivity index (χ1v) is 18.4. The summed E-state index contributed by atoms with van der Waals surface area (Å²) in [4.78, 5) is 35.0. The van der Waals surface area contributed by atoms with Crippen LogP contribution in [0.25, 0.3) is 0 Å². The van der Waals surface area contributed by atoms with Crippen LogP contribution in [0.4, 0.5) is 9.59 Å². The molecule has 4 amide bonds. The lowest BCUT2D eigenvalue weighted by atomic mass is 9.89. The van der Waals surface area contributed by atoms with Crippen molar-refractivity contribution in [2.75, 3.05) is 101 Å². The number of hydrogen-bond acceptors (Lipinski definition) is 10. The van der Waals surface area contributed by atoms with Crippen LogP contribution in [0.15, 0.2) is 0 Å². The van der Waals surface area contributed by atoms with Gasteiger partial charge in [0.1, 0.15) is 26.9 Å². The number of carbonyl (C=O) groups is 2. The van der Waals surface area contributed by atoms with E-state index in [1.54, 1.807) is 66.6 Å². The highest BCUT2D eigenvalue weighted by atomic mass is 32.2. The minimum atomic E-state index is -1.05. The fourth-order valence-electron chi connectivity index (χ4n) is 4.95. The van der Waals surface area contributed by atoms with Crippen molar-refractivity contribution >= 4 is 59.1 Å². The summed E-state index contributed by atoms with van der Waals surface area (Å²) in [5.41, 5.74) is -2.07. The van der Waals surface area contributed by atoms with Crippen LogP contribution in [0.2, 0.25) is 0 Å². The monoisotopic (exact) mass is 614 g/mol. The Morgan fingerprint density at radius 1 is 0.605 bits per heavy atom. The number of urea groups is 2. The Bertz CT molecular complexity index is 677. The highest BCUT2D eigenvalue weighted by molar-refractivity contribution is 7.99. The topological polar surface area (TPSA) is 84.0 Å². The lowest BCUT2D eigenvalue weighted by molar-refractivity contribution is -0.135. The molecule has 14 heteroatoms. The number of hydrogen-bond donors (Lipinski definition) is 0. The highest BCUT2D eigenvalue weighted by Crippen LogP contribution is 2.53. The smallest absolute Gasteiger partial charge is 0.327 e. The molecule has 0 spiro atoms. The van der Waals surface area contributed by atoms with Gasteiger partial charge in [-0.1, -0.05) is 13.3 Å². The zero-order chi connectivity index (χ0) is 28.0. The van der Waals surface area contributed by atoms with Gasteiger partial charge in [-0.25, -0.2) is 9.59 Å². The third-order valence-electron chi connectivity index (χ3n) is 6.83. The van der Waals surface area contributed by atoms with E-state index in [0.717, 1.165) is 29.4 Å². The number of nitrogens with zero attached hydrogens (tertiary/aromatic N) is 4. The maximum absolute atomic E-state index is 14.1. The van der Waals surface area contributed by atoms with E-state index in [1.807, 2.05) is 31.9 Å². The normalized spacial score (nSPS) is 23.3. The number of rotatable bonds is 22. The number of amides is 4. The quantitative estimate of drug-likeness (QED) is 0.167. The van der Waals surface area contributed by atoms with Crippen LogP contribution >= 0.6 is 47.0 Å². The Balaban J connectivity index is 2.52. The molecular formula is C24H46N4O6S4. The Hall–Kier alpha value is -0.220. The molecule has 0 unspecified atom stereocenters. The minimum Gasteiger partial charge on any atom is -0.360 e. The van der Waals surface area contributed by atoms with Gasteiger partial charge in [0.25, 0.3) is 0 Å². The maximum atomic E-state index is 14.1. The Morgan fingerprint density at radius 3 is 1.21 bits per heavy atom. The molecule has 2 saturated heterocycles. The van der Waals surface area contributed by atoms with Gasteiger partial charge in [-0.15, -0.1) is 0 Å². The molecule has 2 heterocycles. The van der Waals surface area contributed by atoms with Gasteiger partial charge in [-0.3, -0.25) is 19.6 Å². The zero-order valence-electron chi connectivity index (χ0n) is 23.8. The second-order valence-corrected chi connectivity index (χ2v) is 12.9. The molecule has 10 nitrogen and oxygen atoms in total. The van der Waals surface area contributed by atoms with E-state index in [2.05, 4.69) is 6.92 Å². The molecule has 0 aliphatic carbocycles. The molecule has 38 heavy (non-hydrogen) atoms. The summed E-state index contributed by atoms with van der Waals surface area (Å²) < 4.78 is 23.9. The van der Waals surface area contributed by atoms with E-state index in [0.29, 0.717) is 32.8 Å². The molecule has 0 atom stereocenters. The predicted molar refractivity (Wildman–Crippen MR) is 161 cm³/mol. The Kier molecular flexibility index (Phi) is 15.7. The average molecular weight is 615 g/mol. The van der Waals surface area contributed by atoms with Gasteiger partial charge in [0.15, 0.2) is 11.3 Å². The van der Waals surface area contributed by atoms with Gasteiger partial charge in [-0.2, -0.15) is 47.0 Å². The van der Waals surface area contributed by atoms with Crippen molar-refractivity contribution in [1.82, 2.24) is 19.6 Å². The van der Waals surface area contributed by atoms with E-state index < -0.39 is 11.3 Å². The largest absolute Gasteiger partial charge is 0.360 e. The van der Waals surface area contributed by atoms with Gasteiger partial charge in [-0.05, 0) is 38.4 Å². The molecule has 0 saturated carbocycles. The van der Waals surface area contributed by atoms with Gasteiger partial charge in [0, 0.05) is 23.0 Å². The summed E-state index contributed by atoms with van der Waals surface area (Å²) in [6.45, 7) is 6.34. The van der Waals surface area contributed by atoms with Gasteiger partial charge in [0.05, 0.1) is 26.4 Å². The summed E-state index contributed by atoms with van der Waals surface area (Å²) in [7, 11) is 0. The van der Waals surface area contributed by atoms with Crippen LogP contribution in [-0.4, -0.2) is 144 Å². The van der Waals surface area contributed by atoms with E-state index in [1.165, 1.54) is 0 Å². The standard InChI is InChI=1S/C24H46N4O6S4/c1-7-8-24-23(2,25(17-31-9-13-35-3)21(29)27(24)19-33-11-15-37-5)26(18-32-10-14-36-4)22(30)28(24)20-34-12-16-38-6/h7-20H2,1-6H3. The minimum absolute atomic E-state index is 0.0679. The maximum Gasteiger partial charge on any atom is 0.327 e. The van der Waals surface area contributed by atoms with Crippen molar-refractivity contribution in [2.45, 2.75) is 38.0 Å². The third-order valence-corrected chi connectivity index (χ3v) is 9.13. The third kappa shape index (κ3) is 7.34. The van der Waals surface area contributed by atoms with Gasteiger partial charge in [0.2, 0.25) is 0 Å². The van der Waals surface area contributed by atoms with E-state index in [9.17, 15) is 9.59 Å². The van der Waals surface area contributed by atoms with Crippen LogP contribution in [0, 0.1) is 0 Å². The molecule has 0 aromatic rings. The Labute approximate surface area is 245 Å². The van der Waals surface area contributed by atoms with Crippen LogP contribution in [0.1, 0.15) is 26.7 Å². The zero-order valence-corrected chi connectivity index (χ0v) is 27.0. The average Bonchev–Trinajstić information content (AvgIpc) is 3.18. The number of ether oxygens (including phenoxy) is 4. The molecule has 0 radical (unpaired) electrons. The van der Waals surface area contributed by atoms with Crippen LogP contribution in [0.5, 0.6) is 0 Å². The SMILES string of the molecule is CCCC12N(COCCSC)C(=O)N(COCCSC)C1(C)N(COCCSC)C(=O)N2COCCSC. The Morgan fingerprint density at radius 2 is 0.921 bits per heavy atom. The number of carbonyl (C=O) groups excluding carboxylic acids is 2. The number of thioether (sulfide) groups is 4. The van der Waals surface area contributed by atoms with Gasteiger partial charge >= 0.3 is 12.1 Å². The van der Waals surface area contributed by atoms with Crippen molar-refractivity contribution in [2.24, 2.45) is 0 Å². The van der Waals surface area contributed by atoms with Crippen molar-refractivity contribution in [3.63, 3.8) is 0 Å². The molecule has 0 N–H and O–H groups in total. The summed E-state index contributed by atoms with van der Waals surface area (Å²) in [6, 6.07) is -0.435. The molecule has 0 bridgehead atoms. The summed E-state index contributed by atoms with van der Waals surface area (Å²) in [5.74, 6) is 3.27. The summed E-state index contributed by atoms with van der Waals surface area (Å²) in [6.07, 6.45) is 9.38. The molecule has 0 aromatic carbocycles. The van der Waals surface area contributed by atoms with Crippen LogP contribution in [0.3, 0.4) is 0 Å². The van der Waals surface area contributed by atoms with Gasteiger partial charge < -0.3 is 18.9 Å². The summed E-state index contributed by atoms with van der Waals surface area (Å²) in [5, 5.41) is 0. The fraction of sp³-hybridized carbons (Fsp3) is 0.917. The second-order valence-electron chi connectivity index (χ2n) is 8.99. The highest BCUT2D eigenvalue weighted by Gasteiger charge is 2.76. The van der Waals surface area contributed by atoms with Crippen molar-refractivity contribution in [3.05, 3.63) is 0 Å². The van der Waals surface area contributed by atoms with E-state index in [-0.39, 0.29) is 39.0 Å². The lowest BCUT2D eigenvalue weighted by Gasteiger charge is -2.47. The second kappa shape index (κ2) is 17.6. The fourth-order valence-corrected chi connectivity index (χ4v) is 6.09. The molecule has 0 aromatic heterocycles. The molecule has 2 aliphatic rings. The summed E-state index contributed by atoms with van der Waals surface area (Å²) >= 11 is 6.74.